The third-order valence-electron chi connectivity index (χ3n) is 7.71. The molecule has 1 aromatic heterocycles. The molecule has 5 rings (SSSR count). The van der Waals surface area contributed by atoms with Gasteiger partial charge in [-0.05, 0) is 70.7 Å². The van der Waals surface area contributed by atoms with Crippen molar-refractivity contribution in [2.24, 2.45) is 0 Å². The molecule has 2 heterocycles. The Morgan fingerprint density at radius 1 is 1.08 bits per heavy atom. The number of pyridine rings is 1. The zero-order chi connectivity index (χ0) is 27.2. The van der Waals surface area contributed by atoms with Crippen molar-refractivity contribution in [2.75, 3.05) is 0 Å². The fraction of sp³-hybridized carbons (Fsp3) is 0.379. The molecule has 3 aromatic rings. The second-order valence-electron chi connectivity index (χ2n) is 10.5. The molecule has 3 atom stereocenters. The number of likely N-dealkylation sites (tertiary alicyclic amines) is 1. The van der Waals surface area contributed by atoms with E-state index < -0.39 is 23.3 Å². The van der Waals surface area contributed by atoms with E-state index in [2.05, 4.69) is 15.6 Å². The zero-order valence-corrected chi connectivity index (χ0v) is 22.3. The van der Waals surface area contributed by atoms with Crippen LogP contribution in [0.2, 0.25) is 5.02 Å². The Morgan fingerprint density at radius 3 is 2.45 bits per heavy atom. The molecule has 2 N–H and O–H groups in total. The van der Waals surface area contributed by atoms with Crippen LogP contribution in [0.1, 0.15) is 78.8 Å². The number of nitrogens with one attached hydrogen (secondary N) is 2. The number of fused-ring (bicyclic) bond motifs is 1. The van der Waals surface area contributed by atoms with E-state index in [0.717, 1.165) is 18.2 Å². The van der Waals surface area contributed by atoms with Gasteiger partial charge in [-0.2, -0.15) is 0 Å². The van der Waals surface area contributed by atoms with Crippen LogP contribution in [-0.2, 0) is 4.79 Å². The van der Waals surface area contributed by atoms with Crippen molar-refractivity contribution in [1.82, 2.24) is 20.5 Å². The molecule has 198 valence electrons. The molecule has 0 spiro atoms. The molecule has 1 saturated carbocycles. The average molecular weight is 537 g/mol. The van der Waals surface area contributed by atoms with Gasteiger partial charge in [0, 0.05) is 34.8 Å². The number of carbonyl (C=O) groups excluding carboxylic acids is 3. The first-order valence-electron chi connectivity index (χ1n) is 12.9. The first-order chi connectivity index (χ1) is 18.1. The molecule has 1 aliphatic heterocycles. The van der Waals surface area contributed by atoms with Gasteiger partial charge in [-0.1, -0.05) is 29.8 Å². The fourth-order valence-corrected chi connectivity index (χ4v) is 5.47. The molecule has 7 nitrogen and oxygen atoms in total. The van der Waals surface area contributed by atoms with Gasteiger partial charge in [0.2, 0.25) is 5.91 Å². The minimum atomic E-state index is -1.05. The molecule has 3 amide bonds. The van der Waals surface area contributed by atoms with E-state index in [1.54, 1.807) is 42.2 Å². The van der Waals surface area contributed by atoms with Gasteiger partial charge < -0.3 is 15.5 Å². The number of aromatic nitrogens is 1. The number of hydrogen-bond donors (Lipinski definition) is 2. The molecule has 2 aliphatic rings. The van der Waals surface area contributed by atoms with E-state index in [4.69, 9.17) is 11.6 Å². The molecular formula is C29H30ClFN4O3. The fourth-order valence-electron chi connectivity index (χ4n) is 5.24. The van der Waals surface area contributed by atoms with Crippen LogP contribution in [0.5, 0.6) is 0 Å². The van der Waals surface area contributed by atoms with Gasteiger partial charge >= 0.3 is 0 Å². The highest BCUT2D eigenvalue weighted by molar-refractivity contribution is 6.35. The quantitative estimate of drug-likeness (QED) is 0.454. The summed E-state index contributed by atoms with van der Waals surface area (Å²) >= 11 is 6.16. The number of amides is 3. The lowest BCUT2D eigenvalue weighted by atomic mass is 10.0. The third-order valence-corrected chi connectivity index (χ3v) is 8.01. The van der Waals surface area contributed by atoms with Gasteiger partial charge in [0.25, 0.3) is 11.8 Å². The molecule has 2 unspecified atom stereocenters. The Morgan fingerprint density at radius 2 is 1.79 bits per heavy atom. The van der Waals surface area contributed by atoms with Gasteiger partial charge in [-0.15, -0.1) is 0 Å². The number of benzene rings is 2. The van der Waals surface area contributed by atoms with Crippen LogP contribution < -0.4 is 10.6 Å². The standard InChI is InChI=1S/C29H30ClFN4O3/c1-16-7-8-17(2)35(16)27(37)20-9-10-22(24(31)14-20)18(3)33-28(38)29(11-12-29)34-26(36)21-13-19-5-4-6-23(30)25(19)32-15-21/h4-6,9-10,13-18H,7-8,11-12H2,1-3H3,(H,33,38)(H,34,36)/t16?,17?,18-/m1/s1. The SMILES string of the molecule is CC1CCC(C)N1C(=O)c1ccc([C@@H](C)NC(=O)C2(NC(=O)c3cnc4c(Cl)cccc4c3)CC2)c(F)c1. The maximum Gasteiger partial charge on any atom is 0.254 e. The van der Waals surface area contributed by atoms with Gasteiger partial charge in [0.1, 0.15) is 11.4 Å². The van der Waals surface area contributed by atoms with Crippen molar-refractivity contribution in [2.45, 2.75) is 70.1 Å². The lowest BCUT2D eigenvalue weighted by Gasteiger charge is -2.27. The minimum absolute atomic E-state index is 0.117. The number of halogens is 2. The van der Waals surface area contributed by atoms with Crippen molar-refractivity contribution in [3.8, 4) is 0 Å². The highest BCUT2D eigenvalue weighted by atomic mass is 35.5. The van der Waals surface area contributed by atoms with Gasteiger partial charge in [-0.25, -0.2) is 4.39 Å². The number of nitrogens with zero attached hydrogens (tertiary/aromatic N) is 2. The van der Waals surface area contributed by atoms with E-state index in [1.165, 1.54) is 12.3 Å². The summed E-state index contributed by atoms with van der Waals surface area (Å²) in [4.78, 5) is 45.1. The predicted octanol–water partition coefficient (Wildman–Crippen LogP) is 5.18. The van der Waals surface area contributed by atoms with Crippen LogP contribution in [-0.4, -0.2) is 45.2 Å². The van der Waals surface area contributed by atoms with Crippen LogP contribution in [0.15, 0.2) is 48.7 Å². The van der Waals surface area contributed by atoms with E-state index in [9.17, 15) is 14.4 Å². The van der Waals surface area contributed by atoms with Gasteiger partial charge in [-0.3, -0.25) is 19.4 Å². The summed E-state index contributed by atoms with van der Waals surface area (Å²) in [6.07, 6.45) is 4.25. The Bertz CT molecular complexity index is 1430. The zero-order valence-electron chi connectivity index (χ0n) is 21.6. The molecule has 9 heteroatoms. The second kappa shape index (κ2) is 9.98. The Balaban J connectivity index is 1.25. The molecule has 1 saturated heterocycles. The van der Waals surface area contributed by atoms with Crippen LogP contribution in [0.4, 0.5) is 4.39 Å². The van der Waals surface area contributed by atoms with Crippen LogP contribution in [0.3, 0.4) is 0 Å². The predicted molar refractivity (Wildman–Crippen MR) is 143 cm³/mol. The summed E-state index contributed by atoms with van der Waals surface area (Å²) < 4.78 is 15.1. The Labute approximate surface area is 225 Å². The van der Waals surface area contributed by atoms with Crippen molar-refractivity contribution in [3.63, 3.8) is 0 Å². The molecule has 2 fully saturated rings. The summed E-state index contributed by atoms with van der Waals surface area (Å²) in [5, 5.41) is 6.87. The third kappa shape index (κ3) is 4.85. The summed E-state index contributed by atoms with van der Waals surface area (Å²) in [6, 6.07) is 11.0. The molecule has 2 aromatic carbocycles. The maximum absolute atomic E-state index is 15.1. The van der Waals surface area contributed by atoms with Gasteiger partial charge in [0.05, 0.1) is 22.1 Å². The largest absolute Gasteiger partial charge is 0.347 e. The van der Waals surface area contributed by atoms with Crippen molar-refractivity contribution in [3.05, 3.63) is 76.2 Å². The summed E-state index contributed by atoms with van der Waals surface area (Å²) in [5.74, 6) is -1.54. The molecule has 0 bridgehead atoms. The summed E-state index contributed by atoms with van der Waals surface area (Å²) in [7, 11) is 0. The molecular weight excluding hydrogens is 507 g/mol. The monoisotopic (exact) mass is 536 g/mol. The Kier molecular flexibility index (Phi) is 6.86. The van der Waals surface area contributed by atoms with Gasteiger partial charge in [0.15, 0.2) is 0 Å². The van der Waals surface area contributed by atoms with E-state index >= 15 is 4.39 Å². The normalized spacial score (nSPS) is 20.7. The first-order valence-corrected chi connectivity index (χ1v) is 13.3. The summed E-state index contributed by atoms with van der Waals surface area (Å²) in [6.45, 7) is 5.68. The lowest BCUT2D eigenvalue weighted by molar-refractivity contribution is -0.124. The topological polar surface area (TPSA) is 91.4 Å². The molecule has 38 heavy (non-hydrogen) atoms. The number of rotatable bonds is 6. The molecule has 1 aliphatic carbocycles. The molecule has 0 radical (unpaired) electrons. The van der Waals surface area contributed by atoms with E-state index in [-0.39, 0.29) is 29.5 Å². The van der Waals surface area contributed by atoms with Crippen molar-refractivity contribution in [1.29, 1.82) is 0 Å². The minimum Gasteiger partial charge on any atom is -0.347 e. The summed E-state index contributed by atoms with van der Waals surface area (Å²) in [5.41, 5.74) is 0.428. The second-order valence-corrected chi connectivity index (χ2v) is 10.9. The average Bonchev–Trinajstić information content (AvgIpc) is 3.60. The van der Waals surface area contributed by atoms with Crippen molar-refractivity contribution >= 4 is 40.2 Å². The highest BCUT2D eigenvalue weighted by Gasteiger charge is 2.51. The number of para-hydroxylation sites is 1. The lowest BCUT2D eigenvalue weighted by Crippen LogP contribution is -2.49. The van der Waals surface area contributed by atoms with Crippen LogP contribution in [0, 0.1) is 5.82 Å². The number of hydrogen-bond acceptors (Lipinski definition) is 4. The maximum atomic E-state index is 15.1. The highest BCUT2D eigenvalue weighted by Crippen LogP contribution is 2.37. The van der Waals surface area contributed by atoms with Crippen molar-refractivity contribution < 1.29 is 18.8 Å². The van der Waals surface area contributed by atoms with E-state index in [0.29, 0.717) is 34.5 Å². The van der Waals surface area contributed by atoms with E-state index in [1.807, 2.05) is 19.9 Å². The Hall–Kier alpha value is -3.52. The first kappa shape index (κ1) is 26.1. The van der Waals surface area contributed by atoms with Crippen LogP contribution in [0.25, 0.3) is 10.9 Å². The smallest absolute Gasteiger partial charge is 0.254 e. The van der Waals surface area contributed by atoms with Crippen LogP contribution >= 0.6 is 11.6 Å². The number of carbonyl (C=O) groups is 3.